The average Bonchev–Trinajstić information content (AvgIpc) is 2.65. The van der Waals surface area contributed by atoms with Crippen molar-refractivity contribution in [3.8, 4) is 0 Å². The molecule has 1 aromatic heterocycles. The minimum atomic E-state index is -1.32. The summed E-state index contributed by atoms with van der Waals surface area (Å²) in [7, 11) is 1.20. The second-order valence-corrected chi connectivity index (χ2v) is 6.19. The molecule has 0 N–H and O–H groups in total. The van der Waals surface area contributed by atoms with Gasteiger partial charge in [-0.25, -0.2) is 9.59 Å². The van der Waals surface area contributed by atoms with Crippen LogP contribution in [0.4, 0.5) is 0 Å². The van der Waals surface area contributed by atoms with E-state index < -0.39 is 18.0 Å². The number of nitrogens with zero attached hydrogens (tertiary/aromatic N) is 1. The molecule has 0 aliphatic heterocycles. The summed E-state index contributed by atoms with van der Waals surface area (Å²) in [6, 6.07) is 13.2. The van der Waals surface area contributed by atoms with Gasteiger partial charge in [0, 0.05) is 27.2 Å². The van der Waals surface area contributed by atoms with Gasteiger partial charge in [-0.1, -0.05) is 47.5 Å². The summed E-state index contributed by atoms with van der Waals surface area (Å²) in [6.45, 7) is 0. The first kappa shape index (κ1) is 18.2. The summed E-state index contributed by atoms with van der Waals surface area (Å²) >= 11 is 12.0. The van der Waals surface area contributed by atoms with Crippen LogP contribution in [0.15, 0.2) is 54.7 Å². The Kier molecular flexibility index (Phi) is 5.40. The van der Waals surface area contributed by atoms with E-state index in [-0.39, 0.29) is 16.1 Å². The van der Waals surface area contributed by atoms with Crippen molar-refractivity contribution in [3.05, 3.63) is 75.9 Å². The molecule has 1 atom stereocenters. The number of pyridine rings is 1. The third-order valence-corrected chi connectivity index (χ3v) is 4.32. The fraction of sp³-hybridized carbons (Fsp3) is 0.105. The number of carbonyl (C=O) groups is 2. The van der Waals surface area contributed by atoms with E-state index in [1.807, 2.05) is 6.07 Å². The van der Waals surface area contributed by atoms with Crippen LogP contribution in [0.5, 0.6) is 0 Å². The molecule has 0 amide bonds. The number of benzene rings is 2. The molecule has 0 aliphatic carbocycles. The van der Waals surface area contributed by atoms with E-state index in [0.29, 0.717) is 15.9 Å². The first-order valence-electron chi connectivity index (χ1n) is 7.58. The second-order valence-electron chi connectivity index (χ2n) is 5.35. The van der Waals surface area contributed by atoms with Gasteiger partial charge in [-0.3, -0.25) is 4.98 Å². The highest BCUT2D eigenvalue weighted by molar-refractivity contribution is 6.35. The Morgan fingerprint density at radius 1 is 1.08 bits per heavy atom. The maximum absolute atomic E-state index is 12.7. The summed E-state index contributed by atoms with van der Waals surface area (Å²) in [4.78, 5) is 29.1. The monoisotopic (exact) mass is 389 g/mol. The quantitative estimate of drug-likeness (QED) is 0.609. The van der Waals surface area contributed by atoms with Gasteiger partial charge in [0.1, 0.15) is 0 Å². The number of halogens is 2. The Hall–Kier alpha value is -2.63. The molecule has 26 heavy (non-hydrogen) atoms. The van der Waals surface area contributed by atoms with Crippen LogP contribution >= 0.6 is 23.2 Å². The minimum Gasteiger partial charge on any atom is -0.466 e. The first-order valence-corrected chi connectivity index (χ1v) is 8.34. The molecule has 0 radical (unpaired) electrons. The number of carbonyl (C=O) groups excluding carboxylic acids is 2. The van der Waals surface area contributed by atoms with E-state index in [9.17, 15) is 9.59 Å². The van der Waals surface area contributed by atoms with Crippen LogP contribution in [0.2, 0.25) is 10.0 Å². The Balaban J connectivity index is 1.99. The van der Waals surface area contributed by atoms with Crippen LogP contribution in [0, 0.1) is 0 Å². The standard InChI is InChI=1S/C19H13Cl2NO4/c1-25-19(24)17(14-7-6-11(20)10-15(14)21)26-18(23)13-8-9-22-16-5-3-2-4-12(13)16/h2-10,17H,1H3. The highest BCUT2D eigenvalue weighted by Crippen LogP contribution is 2.30. The van der Waals surface area contributed by atoms with Gasteiger partial charge in [-0.2, -0.15) is 0 Å². The van der Waals surface area contributed by atoms with Crippen molar-refractivity contribution in [2.45, 2.75) is 6.10 Å². The zero-order valence-corrected chi connectivity index (χ0v) is 15.1. The number of hydrogen-bond acceptors (Lipinski definition) is 5. The topological polar surface area (TPSA) is 65.5 Å². The van der Waals surface area contributed by atoms with Gasteiger partial charge in [0.2, 0.25) is 6.10 Å². The maximum atomic E-state index is 12.7. The third-order valence-electron chi connectivity index (χ3n) is 3.75. The average molecular weight is 390 g/mol. The van der Waals surface area contributed by atoms with E-state index in [1.54, 1.807) is 24.3 Å². The number of aromatic nitrogens is 1. The number of ether oxygens (including phenoxy) is 2. The molecule has 0 bridgehead atoms. The lowest BCUT2D eigenvalue weighted by Crippen LogP contribution is -2.21. The van der Waals surface area contributed by atoms with Gasteiger partial charge >= 0.3 is 11.9 Å². The fourth-order valence-corrected chi connectivity index (χ4v) is 3.01. The van der Waals surface area contributed by atoms with Gasteiger partial charge in [0.05, 0.1) is 18.2 Å². The van der Waals surface area contributed by atoms with Gasteiger partial charge in [0.25, 0.3) is 0 Å². The molecule has 1 unspecified atom stereocenters. The molecule has 3 aromatic rings. The van der Waals surface area contributed by atoms with Gasteiger partial charge in [-0.05, 0) is 24.3 Å². The molecular weight excluding hydrogens is 377 g/mol. The number of fused-ring (bicyclic) bond motifs is 1. The van der Waals surface area contributed by atoms with Crippen LogP contribution in [0.1, 0.15) is 22.0 Å². The van der Waals surface area contributed by atoms with E-state index in [4.69, 9.17) is 32.7 Å². The number of esters is 2. The SMILES string of the molecule is COC(=O)C(OC(=O)c1ccnc2ccccc12)c1ccc(Cl)cc1Cl. The van der Waals surface area contributed by atoms with E-state index in [2.05, 4.69) is 4.98 Å². The van der Waals surface area contributed by atoms with Crippen LogP contribution < -0.4 is 0 Å². The molecule has 1 heterocycles. The largest absolute Gasteiger partial charge is 0.466 e. The van der Waals surface area contributed by atoms with Gasteiger partial charge in [0.15, 0.2) is 0 Å². The zero-order chi connectivity index (χ0) is 18.7. The molecule has 5 nitrogen and oxygen atoms in total. The lowest BCUT2D eigenvalue weighted by Gasteiger charge is -2.18. The number of methoxy groups -OCH3 is 1. The Labute approximate surface area is 159 Å². The number of hydrogen-bond donors (Lipinski definition) is 0. The highest BCUT2D eigenvalue weighted by atomic mass is 35.5. The summed E-state index contributed by atoms with van der Waals surface area (Å²) in [5.74, 6) is -1.44. The number of para-hydroxylation sites is 1. The van der Waals surface area contributed by atoms with E-state index >= 15 is 0 Å². The molecular formula is C19H13Cl2NO4. The van der Waals surface area contributed by atoms with E-state index in [0.717, 1.165) is 0 Å². The van der Waals surface area contributed by atoms with Crippen molar-refractivity contribution in [3.63, 3.8) is 0 Å². The zero-order valence-electron chi connectivity index (χ0n) is 13.6. The first-order chi connectivity index (χ1) is 12.5. The van der Waals surface area contributed by atoms with Crippen LogP contribution in [0.25, 0.3) is 10.9 Å². The van der Waals surface area contributed by atoms with Crippen LogP contribution in [-0.2, 0) is 14.3 Å². The lowest BCUT2D eigenvalue weighted by atomic mass is 10.1. The molecule has 0 saturated carbocycles. The molecule has 132 valence electrons. The van der Waals surface area contributed by atoms with Crippen molar-refractivity contribution in [1.82, 2.24) is 4.98 Å². The highest BCUT2D eigenvalue weighted by Gasteiger charge is 2.29. The van der Waals surface area contributed by atoms with Crippen LogP contribution in [0.3, 0.4) is 0 Å². The van der Waals surface area contributed by atoms with Crippen molar-refractivity contribution in [2.24, 2.45) is 0 Å². The molecule has 0 aliphatic rings. The smallest absolute Gasteiger partial charge is 0.352 e. The molecule has 2 aromatic carbocycles. The Morgan fingerprint density at radius 2 is 1.85 bits per heavy atom. The summed E-state index contributed by atoms with van der Waals surface area (Å²) in [5.41, 5.74) is 1.21. The van der Waals surface area contributed by atoms with Crippen molar-refractivity contribution >= 4 is 46.0 Å². The molecule has 7 heteroatoms. The lowest BCUT2D eigenvalue weighted by molar-refractivity contribution is -0.151. The third kappa shape index (κ3) is 3.64. The van der Waals surface area contributed by atoms with Crippen molar-refractivity contribution < 1.29 is 19.1 Å². The molecule has 3 rings (SSSR count). The maximum Gasteiger partial charge on any atom is 0.352 e. The second kappa shape index (κ2) is 7.72. The number of rotatable bonds is 4. The predicted molar refractivity (Wildman–Crippen MR) is 98.4 cm³/mol. The molecule has 0 saturated heterocycles. The Morgan fingerprint density at radius 3 is 2.58 bits per heavy atom. The summed E-state index contributed by atoms with van der Waals surface area (Å²) < 4.78 is 10.2. The summed E-state index contributed by atoms with van der Waals surface area (Å²) in [5, 5.41) is 1.21. The normalized spacial score (nSPS) is 11.8. The van der Waals surface area contributed by atoms with Crippen molar-refractivity contribution in [2.75, 3.05) is 7.11 Å². The minimum absolute atomic E-state index is 0.195. The summed E-state index contributed by atoms with van der Waals surface area (Å²) in [6.07, 6.45) is 0.186. The molecule has 0 spiro atoms. The van der Waals surface area contributed by atoms with E-state index in [1.165, 1.54) is 31.5 Å². The Bertz CT molecular complexity index is 985. The fourth-order valence-electron chi connectivity index (χ4n) is 2.50. The van der Waals surface area contributed by atoms with Gasteiger partial charge < -0.3 is 9.47 Å². The van der Waals surface area contributed by atoms with Gasteiger partial charge in [-0.15, -0.1) is 0 Å². The van der Waals surface area contributed by atoms with Crippen molar-refractivity contribution in [1.29, 1.82) is 0 Å². The molecule has 0 fully saturated rings. The predicted octanol–water partition coefficient (Wildman–Crippen LogP) is 4.61. The van der Waals surface area contributed by atoms with Crippen LogP contribution in [-0.4, -0.2) is 24.0 Å².